The Labute approximate surface area is 112 Å². The summed E-state index contributed by atoms with van der Waals surface area (Å²) in [5.74, 6) is -0.115. The van der Waals surface area contributed by atoms with Crippen LogP contribution in [0.15, 0.2) is 10.6 Å². The predicted octanol–water partition coefficient (Wildman–Crippen LogP) is 0.111. The molecule has 1 saturated heterocycles. The second-order valence-corrected chi connectivity index (χ2v) is 4.18. The van der Waals surface area contributed by atoms with Crippen LogP contribution in [0.25, 0.3) is 0 Å². The Bertz CT molecular complexity index is 397. The Morgan fingerprint density at radius 2 is 2.50 bits per heavy atom. The largest absolute Gasteiger partial charge is 0.390 e. The molecule has 1 aromatic heterocycles. The van der Waals surface area contributed by atoms with Gasteiger partial charge in [0.2, 0.25) is 5.76 Å². The number of carbonyl (C=O) groups is 1. The molecule has 0 saturated carbocycles. The zero-order chi connectivity index (χ0) is 12.3. The minimum Gasteiger partial charge on any atom is -0.390 e. The molecule has 0 bridgehead atoms. The number of β-amino-alcohol motifs (C(OH)–C–C–N with tert-alkyl or cyclic N) is 1. The molecule has 7 heteroatoms. The van der Waals surface area contributed by atoms with Crippen molar-refractivity contribution in [3.63, 3.8) is 0 Å². The van der Waals surface area contributed by atoms with Gasteiger partial charge < -0.3 is 20.3 Å². The van der Waals surface area contributed by atoms with Crippen molar-refractivity contribution in [2.45, 2.75) is 31.9 Å². The van der Waals surface area contributed by atoms with Gasteiger partial charge in [0.1, 0.15) is 0 Å². The van der Waals surface area contributed by atoms with E-state index >= 15 is 0 Å². The van der Waals surface area contributed by atoms with Gasteiger partial charge in [-0.25, -0.2) is 0 Å². The summed E-state index contributed by atoms with van der Waals surface area (Å²) >= 11 is 0. The van der Waals surface area contributed by atoms with Crippen molar-refractivity contribution in [1.82, 2.24) is 15.8 Å². The van der Waals surface area contributed by atoms with Crippen LogP contribution in [0.4, 0.5) is 0 Å². The molecule has 18 heavy (non-hydrogen) atoms. The average Bonchev–Trinajstić information content (AvgIpc) is 2.81. The topological polar surface area (TPSA) is 87.4 Å². The van der Waals surface area contributed by atoms with Crippen LogP contribution in [-0.4, -0.2) is 41.4 Å². The van der Waals surface area contributed by atoms with Crippen molar-refractivity contribution >= 4 is 18.3 Å². The molecule has 1 aliphatic rings. The van der Waals surface area contributed by atoms with Crippen molar-refractivity contribution < 1.29 is 14.4 Å². The van der Waals surface area contributed by atoms with Crippen LogP contribution in [0.2, 0.25) is 0 Å². The van der Waals surface area contributed by atoms with Crippen LogP contribution in [0.1, 0.15) is 29.6 Å². The lowest BCUT2D eigenvalue weighted by Crippen LogP contribution is -2.52. The molecule has 1 amide bonds. The highest BCUT2D eigenvalue weighted by atomic mass is 35.5. The van der Waals surface area contributed by atoms with Gasteiger partial charge in [0.15, 0.2) is 0 Å². The van der Waals surface area contributed by atoms with Crippen molar-refractivity contribution in [3.05, 3.63) is 17.5 Å². The number of carbonyl (C=O) groups excluding carboxylic acids is 1. The molecule has 0 aromatic carbocycles. The van der Waals surface area contributed by atoms with Crippen LogP contribution in [0.5, 0.6) is 0 Å². The van der Waals surface area contributed by atoms with E-state index < -0.39 is 6.10 Å². The number of piperidine rings is 1. The number of aromatic nitrogens is 1. The van der Waals surface area contributed by atoms with Crippen LogP contribution < -0.4 is 10.6 Å². The van der Waals surface area contributed by atoms with Crippen LogP contribution >= 0.6 is 12.4 Å². The molecule has 2 atom stereocenters. The molecule has 3 N–H and O–H groups in total. The summed E-state index contributed by atoms with van der Waals surface area (Å²) in [6.45, 7) is 3.23. The van der Waals surface area contributed by atoms with Crippen molar-refractivity contribution in [2.24, 2.45) is 0 Å². The number of nitrogens with one attached hydrogen (secondary N) is 2. The fraction of sp³-hybridized carbons (Fsp3) is 0.636. The molecule has 0 unspecified atom stereocenters. The zero-order valence-corrected chi connectivity index (χ0v) is 11.0. The second-order valence-electron chi connectivity index (χ2n) is 4.18. The van der Waals surface area contributed by atoms with E-state index in [2.05, 4.69) is 15.8 Å². The van der Waals surface area contributed by atoms with E-state index in [0.717, 1.165) is 18.7 Å². The highest BCUT2D eigenvalue weighted by Crippen LogP contribution is 2.08. The molecule has 1 aromatic rings. The lowest BCUT2D eigenvalue weighted by Gasteiger charge is -2.28. The van der Waals surface area contributed by atoms with Crippen LogP contribution in [0.3, 0.4) is 0 Å². The Hall–Kier alpha value is -1.11. The lowest BCUT2D eigenvalue weighted by molar-refractivity contribution is 0.0736. The fourth-order valence-electron chi connectivity index (χ4n) is 1.84. The van der Waals surface area contributed by atoms with E-state index in [0.29, 0.717) is 13.0 Å². The summed E-state index contributed by atoms with van der Waals surface area (Å²) in [6.07, 6.45) is 0.885. The minimum absolute atomic E-state index is 0. The lowest BCUT2D eigenvalue weighted by atomic mass is 10.0. The first-order valence-electron chi connectivity index (χ1n) is 5.86. The van der Waals surface area contributed by atoms with Crippen LogP contribution in [-0.2, 0) is 6.42 Å². The number of nitrogens with zero attached hydrogens (tertiary/aromatic N) is 1. The van der Waals surface area contributed by atoms with E-state index in [-0.39, 0.29) is 30.1 Å². The van der Waals surface area contributed by atoms with E-state index in [1.54, 1.807) is 6.07 Å². The number of hydrogen-bond donors (Lipinski definition) is 3. The van der Waals surface area contributed by atoms with Crippen molar-refractivity contribution in [1.29, 1.82) is 0 Å². The number of halogens is 1. The summed E-state index contributed by atoms with van der Waals surface area (Å²) in [6, 6.07) is 1.40. The Balaban J connectivity index is 0.00000162. The van der Waals surface area contributed by atoms with E-state index in [9.17, 15) is 9.90 Å². The number of aryl methyl sites for hydroxylation is 1. The molecule has 1 aliphatic heterocycles. The van der Waals surface area contributed by atoms with Gasteiger partial charge in [0.05, 0.1) is 17.8 Å². The number of hydrogen-bond acceptors (Lipinski definition) is 5. The predicted molar refractivity (Wildman–Crippen MR) is 67.9 cm³/mol. The maximum absolute atomic E-state index is 11.8. The molecule has 6 nitrogen and oxygen atoms in total. The van der Waals surface area contributed by atoms with E-state index in [1.165, 1.54) is 0 Å². The van der Waals surface area contributed by atoms with Gasteiger partial charge >= 0.3 is 0 Å². The van der Waals surface area contributed by atoms with E-state index in [4.69, 9.17) is 4.52 Å². The maximum Gasteiger partial charge on any atom is 0.290 e. The van der Waals surface area contributed by atoms with Crippen molar-refractivity contribution in [3.8, 4) is 0 Å². The first-order chi connectivity index (χ1) is 8.20. The summed E-state index contributed by atoms with van der Waals surface area (Å²) in [5, 5.41) is 19.3. The molecular weight excluding hydrogens is 258 g/mol. The molecule has 0 aliphatic carbocycles. The number of rotatable bonds is 3. The summed E-state index contributed by atoms with van der Waals surface area (Å²) in [4.78, 5) is 11.8. The first kappa shape index (κ1) is 14.9. The van der Waals surface area contributed by atoms with Gasteiger partial charge in [-0.2, -0.15) is 0 Å². The Kier molecular flexibility index (Phi) is 5.58. The summed E-state index contributed by atoms with van der Waals surface area (Å²) < 4.78 is 4.93. The monoisotopic (exact) mass is 275 g/mol. The summed E-state index contributed by atoms with van der Waals surface area (Å²) in [5.41, 5.74) is 0.751. The second kappa shape index (κ2) is 6.72. The molecule has 2 rings (SSSR count). The fourth-order valence-corrected chi connectivity index (χ4v) is 1.84. The van der Waals surface area contributed by atoms with Gasteiger partial charge in [0, 0.05) is 12.6 Å². The van der Waals surface area contributed by atoms with Crippen LogP contribution in [0, 0.1) is 0 Å². The highest BCUT2D eigenvalue weighted by molar-refractivity contribution is 5.91. The number of aliphatic hydroxyl groups is 1. The maximum atomic E-state index is 11.8. The van der Waals surface area contributed by atoms with Gasteiger partial charge in [-0.05, 0) is 19.4 Å². The third-order valence-electron chi connectivity index (χ3n) is 2.91. The zero-order valence-electron chi connectivity index (χ0n) is 10.2. The SMILES string of the molecule is CCc1cc(C(=O)N[C@@H]2CCNC[C@H]2O)on1.Cl. The molecule has 0 radical (unpaired) electrons. The summed E-state index contributed by atoms with van der Waals surface area (Å²) in [7, 11) is 0. The Morgan fingerprint density at radius 3 is 3.11 bits per heavy atom. The van der Waals surface area contributed by atoms with Gasteiger partial charge in [-0.15, -0.1) is 12.4 Å². The molecule has 2 heterocycles. The first-order valence-corrected chi connectivity index (χ1v) is 5.86. The van der Waals surface area contributed by atoms with Gasteiger partial charge in [-0.1, -0.05) is 12.1 Å². The third-order valence-corrected chi connectivity index (χ3v) is 2.91. The molecule has 1 fully saturated rings. The quantitative estimate of drug-likeness (QED) is 0.729. The average molecular weight is 276 g/mol. The number of amides is 1. The third kappa shape index (κ3) is 3.44. The molecule has 102 valence electrons. The smallest absolute Gasteiger partial charge is 0.290 e. The van der Waals surface area contributed by atoms with Gasteiger partial charge in [-0.3, -0.25) is 4.79 Å². The van der Waals surface area contributed by atoms with Crippen molar-refractivity contribution in [2.75, 3.05) is 13.1 Å². The Morgan fingerprint density at radius 1 is 1.72 bits per heavy atom. The minimum atomic E-state index is -0.554. The highest BCUT2D eigenvalue weighted by Gasteiger charge is 2.25. The van der Waals surface area contributed by atoms with Gasteiger partial charge in [0.25, 0.3) is 5.91 Å². The standard InChI is InChI=1S/C11H17N3O3.ClH/c1-2-7-5-10(17-14-7)11(16)13-8-3-4-12-6-9(8)15;/h5,8-9,12,15H,2-4,6H2,1H3,(H,13,16);1H/t8-,9-;/m1./s1. The molecule has 0 spiro atoms. The molecular formula is C11H18ClN3O3. The van der Waals surface area contributed by atoms with E-state index in [1.807, 2.05) is 6.92 Å². The normalized spacial score (nSPS) is 23.2. The number of aliphatic hydroxyl groups excluding tert-OH is 1.